The van der Waals surface area contributed by atoms with Gasteiger partial charge in [-0.3, -0.25) is 4.98 Å². The molecule has 34 heavy (non-hydrogen) atoms. The molecule has 1 saturated heterocycles. The van der Waals surface area contributed by atoms with Crippen LogP contribution in [0.15, 0.2) is 35.0 Å². The molecule has 1 fully saturated rings. The van der Waals surface area contributed by atoms with Crippen LogP contribution in [-0.2, 0) is 29.6 Å². The van der Waals surface area contributed by atoms with E-state index < -0.39 is 5.60 Å². The Morgan fingerprint density at radius 2 is 2.06 bits per heavy atom. The van der Waals surface area contributed by atoms with Gasteiger partial charge in [0, 0.05) is 57.8 Å². The Balaban J connectivity index is 1.32. The number of thiophene rings is 1. The van der Waals surface area contributed by atoms with Crippen molar-refractivity contribution in [3.63, 3.8) is 0 Å². The molecular formula is C26H23ClN2O4S. The van der Waals surface area contributed by atoms with Gasteiger partial charge in [-0.1, -0.05) is 16.8 Å². The van der Waals surface area contributed by atoms with Crippen LogP contribution in [0.3, 0.4) is 0 Å². The van der Waals surface area contributed by atoms with E-state index >= 15 is 0 Å². The van der Waals surface area contributed by atoms with E-state index in [1.807, 2.05) is 24.3 Å². The van der Waals surface area contributed by atoms with Crippen molar-refractivity contribution >= 4 is 33.2 Å². The van der Waals surface area contributed by atoms with Gasteiger partial charge in [-0.2, -0.15) is 0 Å². The van der Waals surface area contributed by atoms with Gasteiger partial charge in [0.15, 0.2) is 11.9 Å². The summed E-state index contributed by atoms with van der Waals surface area (Å²) in [6.07, 6.45) is 7.18. The van der Waals surface area contributed by atoms with Crippen LogP contribution < -0.4 is 4.74 Å². The molecule has 6 nitrogen and oxygen atoms in total. The summed E-state index contributed by atoms with van der Waals surface area (Å²) in [5.41, 5.74) is 5.21. The van der Waals surface area contributed by atoms with E-state index in [1.54, 1.807) is 17.5 Å². The van der Waals surface area contributed by atoms with Crippen LogP contribution in [0.25, 0.3) is 21.3 Å². The fraction of sp³-hybridized carbons (Fsp3) is 0.385. The highest BCUT2D eigenvalue weighted by atomic mass is 35.5. The summed E-state index contributed by atoms with van der Waals surface area (Å²) in [6, 6.07) is 7.92. The van der Waals surface area contributed by atoms with Gasteiger partial charge in [0.05, 0.1) is 22.5 Å². The largest absolute Gasteiger partial charge is 0.481 e. The number of aliphatic hydroxyl groups is 1. The van der Waals surface area contributed by atoms with E-state index in [9.17, 15) is 5.11 Å². The molecule has 0 radical (unpaired) electrons. The number of aryl methyl sites for hydroxylation is 1. The first-order valence-electron chi connectivity index (χ1n) is 11.7. The molecule has 1 aromatic carbocycles. The highest BCUT2D eigenvalue weighted by Gasteiger charge is 2.37. The molecule has 2 atom stereocenters. The second-order valence-corrected chi connectivity index (χ2v) is 10.9. The number of nitrogens with zero attached hydrogens (tertiary/aromatic N) is 2. The minimum Gasteiger partial charge on any atom is -0.481 e. The Hall–Kier alpha value is -2.45. The lowest BCUT2D eigenvalue weighted by Crippen LogP contribution is -2.23. The molecule has 8 heteroatoms. The van der Waals surface area contributed by atoms with Crippen LogP contribution in [0.2, 0.25) is 5.02 Å². The van der Waals surface area contributed by atoms with E-state index in [0.717, 1.165) is 74.7 Å². The van der Waals surface area contributed by atoms with Crippen molar-refractivity contribution in [2.75, 3.05) is 13.2 Å². The minimum absolute atomic E-state index is 0.200. The molecule has 0 bridgehead atoms. The summed E-state index contributed by atoms with van der Waals surface area (Å²) < 4.78 is 18.8. The summed E-state index contributed by atoms with van der Waals surface area (Å²) >= 11 is 8.15. The highest BCUT2D eigenvalue weighted by molar-refractivity contribution is 7.19. The molecule has 3 aromatic heterocycles. The minimum atomic E-state index is -0.952. The van der Waals surface area contributed by atoms with Gasteiger partial charge < -0.3 is 19.1 Å². The van der Waals surface area contributed by atoms with Crippen LogP contribution in [0.1, 0.15) is 52.8 Å². The van der Waals surface area contributed by atoms with E-state index in [-0.39, 0.29) is 6.10 Å². The molecule has 2 aliphatic heterocycles. The zero-order valence-corrected chi connectivity index (χ0v) is 20.0. The standard InChI is InChI=1S/C26H23ClN2O4S/c27-15-9-14-10-21(24-17-3-1-2-4-19(17)29-33-24)32-23(14)18(11-15)16-5-7-28-20-12-22(34-25(16)20)26(30)6-8-31-13-26/h5,7,9,11-12,21,30H,1-4,6,8,10,13H2/t21-,26+/m1/s1. The molecule has 4 aromatic rings. The Bertz CT molecular complexity index is 1420. The molecular weight excluding hydrogens is 472 g/mol. The summed E-state index contributed by atoms with van der Waals surface area (Å²) in [5, 5.41) is 16.1. The number of rotatable bonds is 3. The summed E-state index contributed by atoms with van der Waals surface area (Å²) in [6.45, 7) is 0.876. The Morgan fingerprint density at radius 1 is 1.15 bits per heavy atom. The zero-order valence-electron chi connectivity index (χ0n) is 18.5. The zero-order chi connectivity index (χ0) is 22.9. The molecule has 174 valence electrons. The Kier molecular flexibility index (Phi) is 4.78. The lowest BCUT2D eigenvalue weighted by molar-refractivity contribution is 0.0264. The van der Waals surface area contributed by atoms with E-state index in [2.05, 4.69) is 10.1 Å². The number of halogens is 1. The number of pyridine rings is 1. The third-order valence-corrected chi connectivity index (χ3v) is 8.81. The van der Waals surface area contributed by atoms with Crippen LogP contribution in [0.4, 0.5) is 0 Å². The van der Waals surface area contributed by atoms with Crippen molar-refractivity contribution in [1.29, 1.82) is 0 Å². The first-order chi connectivity index (χ1) is 16.6. The summed E-state index contributed by atoms with van der Waals surface area (Å²) in [4.78, 5) is 5.45. The van der Waals surface area contributed by atoms with Crippen molar-refractivity contribution in [2.45, 2.75) is 50.2 Å². The SMILES string of the molecule is O[C@@]1(c2cc3nccc(-c4cc(Cl)cc5c4O[C@@H](c4onc6c4CCCC6)C5)c3s2)CCOC1. The maximum atomic E-state index is 11.1. The topological polar surface area (TPSA) is 77.6 Å². The van der Waals surface area contributed by atoms with Crippen LogP contribution in [-0.4, -0.2) is 28.5 Å². The van der Waals surface area contributed by atoms with Crippen molar-refractivity contribution < 1.29 is 19.1 Å². The van der Waals surface area contributed by atoms with Gasteiger partial charge in [-0.25, -0.2) is 0 Å². The second kappa shape index (κ2) is 7.78. The van der Waals surface area contributed by atoms with Gasteiger partial charge in [0.2, 0.25) is 0 Å². The average molecular weight is 495 g/mol. The molecule has 5 heterocycles. The molecule has 1 N–H and O–H groups in total. The number of benzene rings is 1. The summed E-state index contributed by atoms with van der Waals surface area (Å²) in [7, 11) is 0. The van der Waals surface area contributed by atoms with Crippen LogP contribution in [0, 0.1) is 0 Å². The third kappa shape index (κ3) is 3.22. The maximum absolute atomic E-state index is 11.1. The number of ether oxygens (including phenoxy) is 2. The van der Waals surface area contributed by atoms with Gasteiger partial charge in [-0.05, 0) is 49.9 Å². The molecule has 0 amide bonds. The Labute approximate surface area is 205 Å². The number of hydrogen-bond acceptors (Lipinski definition) is 7. The number of aromatic nitrogens is 2. The van der Waals surface area contributed by atoms with E-state index in [4.69, 9.17) is 25.6 Å². The van der Waals surface area contributed by atoms with Crippen molar-refractivity contribution in [3.8, 4) is 16.9 Å². The average Bonchev–Trinajstić information content (AvgIpc) is 3.62. The second-order valence-electron chi connectivity index (χ2n) is 9.45. The van der Waals surface area contributed by atoms with Crippen molar-refractivity contribution in [3.05, 3.63) is 62.9 Å². The van der Waals surface area contributed by atoms with Gasteiger partial charge in [-0.15, -0.1) is 11.3 Å². The first-order valence-corrected chi connectivity index (χ1v) is 12.9. The number of hydrogen-bond donors (Lipinski definition) is 1. The fourth-order valence-corrected chi connectivity index (χ4v) is 6.95. The lowest BCUT2D eigenvalue weighted by atomic mass is 9.93. The Morgan fingerprint density at radius 3 is 2.94 bits per heavy atom. The molecule has 0 unspecified atom stereocenters. The molecule has 1 aliphatic carbocycles. The molecule has 0 saturated carbocycles. The first kappa shape index (κ1) is 20.9. The fourth-order valence-electron chi connectivity index (χ4n) is 5.47. The summed E-state index contributed by atoms with van der Waals surface area (Å²) in [5.74, 6) is 1.69. The van der Waals surface area contributed by atoms with Crippen molar-refractivity contribution in [2.24, 2.45) is 0 Å². The van der Waals surface area contributed by atoms with Crippen molar-refractivity contribution in [1.82, 2.24) is 10.1 Å². The smallest absolute Gasteiger partial charge is 0.181 e. The maximum Gasteiger partial charge on any atom is 0.181 e. The van der Waals surface area contributed by atoms with Crippen LogP contribution in [0.5, 0.6) is 5.75 Å². The van der Waals surface area contributed by atoms with E-state index in [0.29, 0.717) is 31.1 Å². The predicted octanol–water partition coefficient (Wildman–Crippen LogP) is 5.77. The highest BCUT2D eigenvalue weighted by Crippen LogP contribution is 2.49. The molecule has 7 rings (SSSR count). The van der Waals surface area contributed by atoms with Crippen LogP contribution >= 0.6 is 22.9 Å². The van der Waals surface area contributed by atoms with Gasteiger partial charge in [0.25, 0.3) is 0 Å². The van der Waals surface area contributed by atoms with Gasteiger partial charge >= 0.3 is 0 Å². The van der Waals surface area contributed by atoms with Gasteiger partial charge in [0.1, 0.15) is 11.4 Å². The normalized spacial score (nSPS) is 23.8. The quantitative estimate of drug-likeness (QED) is 0.389. The molecule has 0 spiro atoms. The third-order valence-electron chi connectivity index (χ3n) is 7.24. The monoisotopic (exact) mass is 494 g/mol. The number of fused-ring (bicyclic) bond motifs is 3. The molecule has 3 aliphatic rings. The predicted molar refractivity (Wildman–Crippen MR) is 130 cm³/mol. The lowest BCUT2D eigenvalue weighted by Gasteiger charge is -2.17. The van der Waals surface area contributed by atoms with E-state index in [1.165, 1.54) is 5.56 Å².